The van der Waals surface area contributed by atoms with Gasteiger partial charge in [0, 0.05) is 24.5 Å². The van der Waals surface area contributed by atoms with Gasteiger partial charge in [-0.15, -0.1) is 0 Å². The molecule has 0 aromatic carbocycles. The van der Waals surface area contributed by atoms with Crippen LogP contribution in [0.2, 0.25) is 0 Å². The lowest BCUT2D eigenvalue weighted by Gasteiger charge is -2.31. The molecule has 3 heteroatoms. The summed E-state index contributed by atoms with van der Waals surface area (Å²) in [5.74, 6) is 1.01. The van der Waals surface area contributed by atoms with Gasteiger partial charge in [-0.3, -0.25) is 0 Å². The Bertz CT molecular complexity index is 251. The monoisotopic (exact) mass is 165 g/mol. The van der Waals surface area contributed by atoms with Crippen LogP contribution in [-0.4, -0.2) is 22.1 Å². The molecule has 1 aromatic rings. The Morgan fingerprint density at radius 1 is 1.58 bits per heavy atom. The van der Waals surface area contributed by atoms with Crippen LogP contribution < -0.4 is 4.90 Å². The number of imidazole rings is 1. The first kappa shape index (κ1) is 7.65. The summed E-state index contributed by atoms with van der Waals surface area (Å²) in [6.07, 6.45) is 6.22. The molecule has 2 rings (SSSR count). The lowest BCUT2D eigenvalue weighted by Crippen LogP contribution is -2.38. The maximum absolute atomic E-state index is 4.26. The third kappa shape index (κ3) is 1.09. The summed E-state index contributed by atoms with van der Waals surface area (Å²) in [6, 6.07) is 0. The molecule has 0 unspecified atom stereocenters. The normalized spacial score (nSPS) is 21.7. The first-order chi connectivity index (χ1) is 5.70. The van der Waals surface area contributed by atoms with Crippen molar-refractivity contribution in [3.05, 3.63) is 12.4 Å². The summed E-state index contributed by atoms with van der Waals surface area (Å²) in [5, 5.41) is 0. The average Bonchev–Trinajstić information content (AvgIpc) is 2.55. The van der Waals surface area contributed by atoms with Crippen molar-refractivity contribution in [3.63, 3.8) is 0 Å². The van der Waals surface area contributed by atoms with Gasteiger partial charge >= 0.3 is 0 Å². The number of aromatic amines is 1. The molecular weight excluding hydrogens is 150 g/mol. The van der Waals surface area contributed by atoms with Crippen LogP contribution in [0.15, 0.2) is 12.4 Å². The average molecular weight is 165 g/mol. The molecule has 0 amide bonds. The molecule has 0 aliphatic carbocycles. The standard InChI is InChI=1S/C9H15N3/c1-9(2)4-3-7-12(9)8-10-5-6-11-8/h5-6H,3-4,7H2,1-2H3,(H,10,11). The smallest absolute Gasteiger partial charge is 0.203 e. The Morgan fingerprint density at radius 2 is 2.42 bits per heavy atom. The van der Waals surface area contributed by atoms with Crippen LogP contribution >= 0.6 is 0 Å². The topological polar surface area (TPSA) is 31.9 Å². The fraction of sp³-hybridized carbons (Fsp3) is 0.667. The number of H-pyrrole nitrogens is 1. The van der Waals surface area contributed by atoms with Gasteiger partial charge in [-0.2, -0.15) is 0 Å². The molecule has 0 radical (unpaired) electrons. The zero-order valence-electron chi connectivity index (χ0n) is 7.67. The van der Waals surface area contributed by atoms with Gasteiger partial charge in [0.05, 0.1) is 0 Å². The van der Waals surface area contributed by atoms with Gasteiger partial charge in [0.1, 0.15) is 0 Å². The second-order valence-electron chi connectivity index (χ2n) is 3.98. The molecular formula is C9H15N3. The van der Waals surface area contributed by atoms with E-state index in [0.717, 1.165) is 12.5 Å². The van der Waals surface area contributed by atoms with Crippen LogP contribution in [0.5, 0.6) is 0 Å². The molecule has 66 valence electrons. The van der Waals surface area contributed by atoms with Crippen LogP contribution in [-0.2, 0) is 0 Å². The Morgan fingerprint density at radius 3 is 2.92 bits per heavy atom. The molecule has 1 aromatic heterocycles. The minimum atomic E-state index is 0.276. The lowest BCUT2D eigenvalue weighted by molar-refractivity contribution is 0.511. The Kier molecular flexibility index (Phi) is 1.60. The number of nitrogens with one attached hydrogen (secondary N) is 1. The molecule has 1 N–H and O–H groups in total. The van der Waals surface area contributed by atoms with E-state index in [2.05, 4.69) is 28.7 Å². The largest absolute Gasteiger partial charge is 0.337 e. The third-order valence-electron chi connectivity index (χ3n) is 2.64. The van der Waals surface area contributed by atoms with E-state index in [4.69, 9.17) is 0 Å². The molecule has 0 saturated carbocycles. The van der Waals surface area contributed by atoms with Gasteiger partial charge in [0.15, 0.2) is 0 Å². The molecule has 1 fully saturated rings. The molecule has 0 atom stereocenters. The van der Waals surface area contributed by atoms with Crippen molar-refractivity contribution >= 4 is 5.95 Å². The summed E-state index contributed by atoms with van der Waals surface area (Å²) < 4.78 is 0. The van der Waals surface area contributed by atoms with Crippen molar-refractivity contribution in [1.29, 1.82) is 0 Å². The molecule has 0 spiro atoms. The first-order valence-corrected chi connectivity index (χ1v) is 4.47. The highest BCUT2D eigenvalue weighted by molar-refractivity contribution is 5.35. The summed E-state index contributed by atoms with van der Waals surface area (Å²) >= 11 is 0. The highest BCUT2D eigenvalue weighted by atomic mass is 15.3. The molecule has 2 heterocycles. The fourth-order valence-corrected chi connectivity index (χ4v) is 1.90. The quantitative estimate of drug-likeness (QED) is 0.688. The van der Waals surface area contributed by atoms with E-state index < -0.39 is 0 Å². The van der Waals surface area contributed by atoms with Crippen molar-refractivity contribution in [1.82, 2.24) is 9.97 Å². The van der Waals surface area contributed by atoms with Gasteiger partial charge in [0.2, 0.25) is 5.95 Å². The van der Waals surface area contributed by atoms with Crippen molar-refractivity contribution in [2.24, 2.45) is 0 Å². The van der Waals surface area contributed by atoms with Crippen LogP contribution in [0.25, 0.3) is 0 Å². The summed E-state index contributed by atoms with van der Waals surface area (Å²) in [6.45, 7) is 5.66. The molecule has 12 heavy (non-hydrogen) atoms. The van der Waals surface area contributed by atoms with Gasteiger partial charge in [-0.1, -0.05) is 0 Å². The fourth-order valence-electron chi connectivity index (χ4n) is 1.90. The van der Waals surface area contributed by atoms with Crippen LogP contribution in [0.4, 0.5) is 5.95 Å². The second-order valence-corrected chi connectivity index (χ2v) is 3.98. The summed E-state index contributed by atoms with van der Waals surface area (Å²) in [4.78, 5) is 9.75. The zero-order chi connectivity index (χ0) is 8.60. The van der Waals surface area contributed by atoms with E-state index in [1.807, 2.05) is 12.4 Å². The van der Waals surface area contributed by atoms with Gasteiger partial charge < -0.3 is 9.88 Å². The number of nitrogens with zero attached hydrogens (tertiary/aromatic N) is 2. The highest BCUT2D eigenvalue weighted by Gasteiger charge is 2.32. The number of hydrogen-bond donors (Lipinski definition) is 1. The van der Waals surface area contributed by atoms with E-state index >= 15 is 0 Å². The number of hydrogen-bond acceptors (Lipinski definition) is 2. The van der Waals surface area contributed by atoms with Crippen LogP contribution in [0.1, 0.15) is 26.7 Å². The SMILES string of the molecule is CC1(C)CCCN1c1ncc[nH]1. The van der Waals surface area contributed by atoms with E-state index in [1.165, 1.54) is 12.8 Å². The Labute approximate surface area is 72.8 Å². The van der Waals surface area contributed by atoms with E-state index in [-0.39, 0.29) is 5.54 Å². The Hall–Kier alpha value is -0.990. The van der Waals surface area contributed by atoms with Gasteiger partial charge in [-0.05, 0) is 26.7 Å². The minimum Gasteiger partial charge on any atom is -0.337 e. The lowest BCUT2D eigenvalue weighted by atomic mass is 10.0. The van der Waals surface area contributed by atoms with Crippen molar-refractivity contribution < 1.29 is 0 Å². The molecule has 1 aliphatic rings. The van der Waals surface area contributed by atoms with Crippen molar-refractivity contribution in [2.75, 3.05) is 11.4 Å². The highest BCUT2D eigenvalue weighted by Crippen LogP contribution is 2.30. The second kappa shape index (κ2) is 2.51. The predicted molar refractivity (Wildman–Crippen MR) is 49.2 cm³/mol. The van der Waals surface area contributed by atoms with E-state index in [0.29, 0.717) is 0 Å². The van der Waals surface area contributed by atoms with Crippen molar-refractivity contribution in [2.45, 2.75) is 32.2 Å². The van der Waals surface area contributed by atoms with Gasteiger partial charge in [-0.25, -0.2) is 4.98 Å². The van der Waals surface area contributed by atoms with Crippen molar-refractivity contribution in [3.8, 4) is 0 Å². The minimum absolute atomic E-state index is 0.276. The molecule has 0 bridgehead atoms. The van der Waals surface area contributed by atoms with Gasteiger partial charge in [0.25, 0.3) is 0 Å². The summed E-state index contributed by atoms with van der Waals surface area (Å²) in [7, 11) is 0. The van der Waals surface area contributed by atoms with Crippen LogP contribution in [0.3, 0.4) is 0 Å². The molecule has 1 aliphatic heterocycles. The van der Waals surface area contributed by atoms with E-state index in [1.54, 1.807) is 0 Å². The third-order valence-corrected chi connectivity index (χ3v) is 2.64. The molecule has 1 saturated heterocycles. The summed E-state index contributed by atoms with van der Waals surface area (Å²) in [5.41, 5.74) is 0.276. The maximum atomic E-state index is 4.26. The number of aromatic nitrogens is 2. The number of anilines is 1. The first-order valence-electron chi connectivity index (χ1n) is 4.47. The molecule has 3 nitrogen and oxygen atoms in total. The maximum Gasteiger partial charge on any atom is 0.203 e. The Balaban J connectivity index is 2.25. The zero-order valence-corrected chi connectivity index (χ0v) is 7.67. The number of rotatable bonds is 1. The van der Waals surface area contributed by atoms with Crippen LogP contribution in [0, 0.1) is 0 Å². The predicted octanol–water partition coefficient (Wildman–Crippen LogP) is 1.79. The van der Waals surface area contributed by atoms with E-state index in [9.17, 15) is 0 Å².